The van der Waals surface area contributed by atoms with E-state index in [2.05, 4.69) is 15.4 Å². The fraction of sp³-hybridized carbons (Fsp3) is 0.235. The average Bonchev–Trinajstić information content (AvgIpc) is 2.94. The highest BCUT2D eigenvalue weighted by atomic mass is 19.4. The van der Waals surface area contributed by atoms with Gasteiger partial charge in [-0.15, -0.1) is 0 Å². The summed E-state index contributed by atoms with van der Waals surface area (Å²) in [6, 6.07) is 9.29. The normalized spacial score (nSPS) is 11.7. The first kappa shape index (κ1) is 18.6. The summed E-state index contributed by atoms with van der Waals surface area (Å²) in [5.74, 6) is -0.895. The number of hydrogen-bond donors (Lipinski definition) is 3. The SMILES string of the molecule is Nc1nn(CC(=O)NCCO)c2nc(-c3ccccc3)cc(C(F)(F)F)c12. The van der Waals surface area contributed by atoms with Gasteiger partial charge in [0.05, 0.1) is 23.3 Å². The molecule has 0 saturated heterocycles. The van der Waals surface area contributed by atoms with Crippen molar-refractivity contribution in [1.29, 1.82) is 0 Å². The van der Waals surface area contributed by atoms with Gasteiger partial charge in [-0.05, 0) is 6.07 Å². The van der Waals surface area contributed by atoms with Crippen molar-refractivity contribution in [3.63, 3.8) is 0 Å². The Morgan fingerprint density at radius 3 is 2.59 bits per heavy atom. The number of nitrogens with zero attached hydrogens (tertiary/aromatic N) is 3. The molecule has 0 fully saturated rings. The van der Waals surface area contributed by atoms with Gasteiger partial charge in [-0.1, -0.05) is 30.3 Å². The number of benzene rings is 1. The van der Waals surface area contributed by atoms with Gasteiger partial charge in [-0.25, -0.2) is 9.67 Å². The summed E-state index contributed by atoms with van der Waals surface area (Å²) >= 11 is 0. The smallest absolute Gasteiger partial charge is 0.395 e. The van der Waals surface area contributed by atoms with Crippen LogP contribution in [0.4, 0.5) is 19.0 Å². The molecule has 4 N–H and O–H groups in total. The van der Waals surface area contributed by atoms with Crippen molar-refractivity contribution >= 4 is 22.8 Å². The zero-order chi connectivity index (χ0) is 19.6. The van der Waals surface area contributed by atoms with E-state index in [-0.39, 0.29) is 42.2 Å². The molecule has 0 saturated carbocycles. The predicted molar refractivity (Wildman–Crippen MR) is 92.5 cm³/mol. The van der Waals surface area contributed by atoms with E-state index in [1.54, 1.807) is 30.3 Å². The Kier molecular flexibility index (Phi) is 5.00. The number of nitrogen functional groups attached to an aromatic ring is 1. The van der Waals surface area contributed by atoms with Crippen LogP contribution in [0.15, 0.2) is 36.4 Å². The third-order valence-electron chi connectivity index (χ3n) is 3.83. The van der Waals surface area contributed by atoms with Crippen LogP contribution in [-0.4, -0.2) is 38.9 Å². The van der Waals surface area contributed by atoms with E-state index in [1.165, 1.54) is 0 Å². The van der Waals surface area contributed by atoms with Crippen molar-refractivity contribution in [1.82, 2.24) is 20.1 Å². The highest BCUT2D eigenvalue weighted by Gasteiger charge is 2.36. The highest BCUT2D eigenvalue weighted by Crippen LogP contribution is 2.38. The van der Waals surface area contributed by atoms with E-state index >= 15 is 0 Å². The number of halogens is 3. The number of pyridine rings is 1. The second-order valence-corrected chi connectivity index (χ2v) is 5.73. The zero-order valence-corrected chi connectivity index (χ0v) is 14.0. The molecule has 0 aliphatic rings. The summed E-state index contributed by atoms with van der Waals surface area (Å²) in [6.45, 7) is -0.622. The molecule has 0 aliphatic heterocycles. The number of fused-ring (bicyclic) bond motifs is 1. The van der Waals surface area contributed by atoms with Crippen LogP contribution in [0.1, 0.15) is 5.56 Å². The lowest BCUT2D eigenvalue weighted by molar-refractivity contribution is -0.136. The van der Waals surface area contributed by atoms with Crippen LogP contribution in [0, 0.1) is 0 Å². The van der Waals surface area contributed by atoms with E-state index in [1.807, 2.05) is 0 Å². The van der Waals surface area contributed by atoms with Crippen LogP contribution in [0.2, 0.25) is 0 Å². The molecule has 0 atom stereocenters. The van der Waals surface area contributed by atoms with Crippen molar-refractivity contribution in [2.24, 2.45) is 0 Å². The Balaban J connectivity index is 2.17. The average molecular weight is 379 g/mol. The van der Waals surface area contributed by atoms with Crippen molar-refractivity contribution in [3.8, 4) is 11.3 Å². The number of amides is 1. The summed E-state index contributed by atoms with van der Waals surface area (Å²) in [7, 11) is 0. The molecule has 3 rings (SSSR count). The number of carbonyl (C=O) groups is 1. The summed E-state index contributed by atoms with van der Waals surface area (Å²) in [4.78, 5) is 16.2. The number of rotatable bonds is 5. The molecule has 142 valence electrons. The third kappa shape index (κ3) is 3.85. The molecule has 1 aromatic carbocycles. The first-order valence-electron chi connectivity index (χ1n) is 7.98. The molecular formula is C17H16F3N5O2. The number of alkyl halides is 3. The minimum absolute atomic E-state index is 0.0179. The Bertz CT molecular complexity index is 970. The molecule has 2 aromatic heterocycles. The van der Waals surface area contributed by atoms with Crippen LogP contribution < -0.4 is 11.1 Å². The third-order valence-corrected chi connectivity index (χ3v) is 3.83. The second-order valence-electron chi connectivity index (χ2n) is 5.73. The van der Waals surface area contributed by atoms with E-state index in [4.69, 9.17) is 10.8 Å². The summed E-state index contributed by atoms with van der Waals surface area (Å²) in [6.07, 6.45) is -4.67. The number of anilines is 1. The quantitative estimate of drug-likeness (QED) is 0.627. The minimum Gasteiger partial charge on any atom is -0.395 e. The van der Waals surface area contributed by atoms with Gasteiger partial charge in [0.15, 0.2) is 11.5 Å². The fourth-order valence-electron chi connectivity index (χ4n) is 2.68. The molecule has 0 bridgehead atoms. The maximum absolute atomic E-state index is 13.6. The first-order chi connectivity index (χ1) is 12.8. The molecule has 7 nitrogen and oxygen atoms in total. The maximum Gasteiger partial charge on any atom is 0.417 e. The zero-order valence-electron chi connectivity index (χ0n) is 14.0. The number of carbonyl (C=O) groups excluding carboxylic acids is 1. The maximum atomic E-state index is 13.6. The lowest BCUT2D eigenvalue weighted by atomic mass is 10.1. The fourth-order valence-corrected chi connectivity index (χ4v) is 2.68. The van der Waals surface area contributed by atoms with Gasteiger partial charge in [-0.3, -0.25) is 4.79 Å². The Morgan fingerprint density at radius 2 is 1.96 bits per heavy atom. The second kappa shape index (κ2) is 7.23. The van der Waals surface area contributed by atoms with Crippen LogP contribution >= 0.6 is 0 Å². The van der Waals surface area contributed by atoms with Crippen LogP contribution in [0.5, 0.6) is 0 Å². The molecule has 1 amide bonds. The number of nitrogens with one attached hydrogen (secondary N) is 1. The standard InChI is InChI=1S/C17H16F3N5O2/c18-17(19,20)11-8-12(10-4-2-1-3-5-10)23-16-14(11)15(21)24-25(16)9-13(27)22-6-7-26/h1-5,8,26H,6-7,9H2,(H2,21,24)(H,22,27). The van der Waals surface area contributed by atoms with Gasteiger partial charge < -0.3 is 16.2 Å². The molecule has 0 spiro atoms. The number of nitrogens with two attached hydrogens (primary N) is 1. The predicted octanol–water partition coefficient (Wildman–Crippen LogP) is 1.81. The molecule has 2 heterocycles. The minimum atomic E-state index is -4.67. The van der Waals surface area contributed by atoms with Gasteiger partial charge in [0.25, 0.3) is 0 Å². The van der Waals surface area contributed by atoms with Gasteiger partial charge in [-0.2, -0.15) is 18.3 Å². The molecule has 3 aromatic rings. The number of aromatic nitrogens is 3. The van der Waals surface area contributed by atoms with Gasteiger partial charge in [0.2, 0.25) is 5.91 Å². The molecule has 0 aliphatic carbocycles. The highest BCUT2D eigenvalue weighted by molar-refractivity contribution is 5.93. The Labute approximate surface area is 151 Å². The number of hydrogen-bond acceptors (Lipinski definition) is 5. The lowest BCUT2D eigenvalue weighted by Gasteiger charge is -2.11. The lowest BCUT2D eigenvalue weighted by Crippen LogP contribution is -2.30. The molecule has 10 heteroatoms. The monoisotopic (exact) mass is 379 g/mol. The summed E-state index contributed by atoms with van der Waals surface area (Å²) in [5, 5.41) is 14.7. The number of aliphatic hydroxyl groups is 1. The summed E-state index contributed by atoms with van der Waals surface area (Å²) < 4.78 is 41.8. The van der Waals surface area contributed by atoms with E-state index in [0.29, 0.717) is 5.56 Å². The van der Waals surface area contributed by atoms with Crippen molar-refractivity contribution in [2.75, 3.05) is 18.9 Å². The van der Waals surface area contributed by atoms with Gasteiger partial charge in [0.1, 0.15) is 6.54 Å². The van der Waals surface area contributed by atoms with Crippen LogP contribution in [0.25, 0.3) is 22.3 Å². The van der Waals surface area contributed by atoms with E-state index in [0.717, 1.165) is 10.7 Å². The molecular weight excluding hydrogens is 363 g/mol. The van der Waals surface area contributed by atoms with Crippen molar-refractivity contribution in [3.05, 3.63) is 42.0 Å². The van der Waals surface area contributed by atoms with Gasteiger partial charge in [0, 0.05) is 12.1 Å². The van der Waals surface area contributed by atoms with Crippen molar-refractivity contribution in [2.45, 2.75) is 12.7 Å². The number of aliphatic hydroxyl groups excluding tert-OH is 1. The van der Waals surface area contributed by atoms with Crippen LogP contribution in [0.3, 0.4) is 0 Å². The van der Waals surface area contributed by atoms with Gasteiger partial charge >= 0.3 is 6.18 Å². The van der Waals surface area contributed by atoms with Crippen LogP contribution in [-0.2, 0) is 17.5 Å². The molecule has 0 unspecified atom stereocenters. The topological polar surface area (TPSA) is 106 Å². The molecule has 27 heavy (non-hydrogen) atoms. The van der Waals surface area contributed by atoms with E-state index < -0.39 is 17.6 Å². The summed E-state index contributed by atoms with van der Waals surface area (Å²) in [5.41, 5.74) is 5.17. The Morgan fingerprint density at radius 1 is 1.26 bits per heavy atom. The molecule has 0 radical (unpaired) electrons. The van der Waals surface area contributed by atoms with Crippen molar-refractivity contribution < 1.29 is 23.1 Å². The first-order valence-corrected chi connectivity index (χ1v) is 7.98. The largest absolute Gasteiger partial charge is 0.417 e. The Hall–Kier alpha value is -3.14. The van der Waals surface area contributed by atoms with E-state index in [9.17, 15) is 18.0 Å².